The van der Waals surface area contributed by atoms with Crippen LogP contribution < -0.4 is 28.6 Å². The lowest BCUT2D eigenvalue weighted by molar-refractivity contribution is 0.360. The number of ether oxygens (including phenoxy) is 5. The van der Waals surface area contributed by atoms with Crippen molar-refractivity contribution in [1.29, 1.82) is 0 Å². The first-order valence-electron chi connectivity index (χ1n) is 17.2. The highest BCUT2D eigenvalue weighted by Crippen LogP contribution is 2.62. The standard InChI is InChI=1S/C46H35NO5/c1-48-35-21-15-30(16-22-35)46(39-12-5-4-11-38(39)44-40(46)27-28-43-45(44)52-42-14-7-6-13-41(42)51-43)31-9-8-10-34(29-31)47(32-17-23-36(49-2)24-18-32)33-19-25-37(50-3)26-20-33/h4-29H,1-3H3. The molecule has 6 nitrogen and oxygen atoms in total. The zero-order chi connectivity index (χ0) is 35.2. The third-order valence-electron chi connectivity index (χ3n) is 10.1. The van der Waals surface area contributed by atoms with Crippen molar-refractivity contribution in [1.82, 2.24) is 0 Å². The quantitative estimate of drug-likeness (QED) is 0.159. The van der Waals surface area contributed by atoms with Gasteiger partial charge in [-0.2, -0.15) is 0 Å². The van der Waals surface area contributed by atoms with Gasteiger partial charge in [0.2, 0.25) is 0 Å². The van der Waals surface area contributed by atoms with Crippen molar-refractivity contribution >= 4 is 17.1 Å². The fourth-order valence-electron chi connectivity index (χ4n) is 7.76. The Morgan fingerprint density at radius 3 is 1.65 bits per heavy atom. The van der Waals surface area contributed by atoms with Gasteiger partial charge in [0.15, 0.2) is 23.0 Å². The van der Waals surface area contributed by atoms with Crippen LogP contribution in [0.15, 0.2) is 158 Å². The molecule has 0 saturated heterocycles. The maximum atomic E-state index is 6.72. The first kappa shape index (κ1) is 31.3. The number of benzene rings is 7. The first-order valence-corrected chi connectivity index (χ1v) is 17.2. The molecule has 1 heterocycles. The van der Waals surface area contributed by atoms with E-state index in [0.29, 0.717) is 23.0 Å². The third kappa shape index (κ3) is 4.87. The smallest absolute Gasteiger partial charge is 0.178 e. The lowest BCUT2D eigenvalue weighted by Gasteiger charge is -2.35. The summed E-state index contributed by atoms with van der Waals surface area (Å²) in [6, 6.07) is 54.2. The van der Waals surface area contributed by atoms with Crippen molar-refractivity contribution in [3.05, 3.63) is 180 Å². The second-order valence-electron chi connectivity index (χ2n) is 12.8. The van der Waals surface area contributed by atoms with Crippen molar-refractivity contribution < 1.29 is 23.7 Å². The molecule has 2 aliphatic rings. The minimum Gasteiger partial charge on any atom is -0.497 e. The van der Waals surface area contributed by atoms with Crippen LogP contribution in [0.4, 0.5) is 17.1 Å². The van der Waals surface area contributed by atoms with Crippen LogP contribution >= 0.6 is 0 Å². The Bertz CT molecular complexity index is 2370. The molecular weight excluding hydrogens is 647 g/mol. The minimum atomic E-state index is -0.713. The molecular formula is C46H35NO5. The van der Waals surface area contributed by atoms with E-state index in [4.69, 9.17) is 23.7 Å². The number of anilines is 3. The van der Waals surface area contributed by atoms with E-state index in [1.807, 2.05) is 66.7 Å². The van der Waals surface area contributed by atoms with Gasteiger partial charge in [-0.1, -0.05) is 66.7 Å². The highest BCUT2D eigenvalue weighted by atomic mass is 16.6. The van der Waals surface area contributed by atoms with Crippen LogP contribution in [0.5, 0.6) is 40.2 Å². The molecule has 0 spiro atoms. The Balaban J connectivity index is 1.30. The van der Waals surface area contributed by atoms with Gasteiger partial charge in [-0.25, -0.2) is 0 Å². The van der Waals surface area contributed by atoms with Crippen LogP contribution in [0.25, 0.3) is 11.1 Å². The van der Waals surface area contributed by atoms with Crippen LogP contribution in [0, 0.1) is 0 Å². The molecule has 1 unspecified atom stereocenters. The number of nitrogens with zero attached hydrogens (tertiary/aromatic N) is 1. The van der Waals surface area contributed by atoms with Crippen molar-refractivity contribution in [3.63, 3.8) is 0 Å². The van der Waals surface area contributed by atoms with Gasteiger partial charge in [-0.3, -0.25) is 0 Å². The van der Waals surface area contributed by atoms with Crippen LogP contribution in [0.3, 0.4) is 0 Å². The Labute approximate surface area is 303 Å². The van der Waals surface area contributed by atoms with Crippen molar-refractivity contribution in [2.75, 3.05) is 26.2 Å². The number of para-hydroxylation sites is 2. The summed E-state index contributed by atoms with van der Waals surface area (Å²) in [4.78, 5) is 2.26. The summed E-state index contributed by atoms with van der Waals surface area (Å²) in [7, 11) is 5.06. The second kappa shape index (κ2) is 12.6. The molecule has 1 aliphatic heterocycles. The molecule has 6 heteroatoms. The van der Waals surface area contributed by atoms with Crippen molar-refractivity contribution in [2.45, 2.75) is 5.41 Å². The molecule has 7 aromatic carbocycles. The molecule has 0 aromatic heterocycles. The van der Waals surface area contributed by atoms with E-state index in [1.54, 1.807) is 21.3 Å². The lowest BCUT2D eigenvalue weighted by Crippen LogP contribution is -2.29. The average Bonchev–Trinajstić information content (AvgIpc) is 3.52. The lowest BCUT2D eigenvalue weighted by atomic mass is 9.67. The summed E-state index contributed by atoms with van der Waals surface area (Å²) in [6.45, 7) is 0. The number of fused-ring (bicyclic) bond motifs is 6. The van der Waals surface area contributed by atoms with Gasteiger partial charge in [-0.05, 0) is 119 Å². The minimum absolute atomic E-state index is 0.691. The molecule has 0 amide bonds. The van der Waals surface area contributed by atoms with Gasteiger partial charge in [0.05, 0.1) is 26.7 Å². The molecule has 1 atom stereocenters. The molecule has 254 valence electrons. The molecule has 7 aromatic rings. The number of rotatable bonds is 8. The van der Waals surface area contributed by atoms with E-state index in [1.165, 1.54) is 0 Å². The number of hydrogen-bond donors (Lipinski definition) is 0. The van der Waals surface area contributed by atoms with E-state index in [0.717, 1.165) is 67.7 Å². The summed E-state index contributed by atoms with van der Waals surface area (Å²) in [5.41, 5.74) is 8.86. The molecule has 0 radical (unpaired) electrons. The van der Waals surface area contributed by atoms with Crippen LogP contribution in [-0.4, -0.2) is 21.3 Å². The molecule has 0 saturated carbocycles. The highest BCUT2D eigenvalue weighted by Gasteiger charge is 2.48. The molecule has 52 heavy (non-hydrogen) atoms. The fraction of sp³-hybridized carbons (Fsp3) is 0.0870. The zero-order valence-electron chi connectivity index (χ0n) is 29.0. The molecule has 1 aliphatic carbocycles. The molecule has 9 rings (SSSR count). The Morgan fingerprint density at radius 2 is 1.02 bits per heavy atom. The van der Waals surface area contributed by atoms with Crippen molar-refractivity contribution in [3.8, 4) is 51.4 Å². The van der Waals surface area contributed by atoms with E-state index in [2.05, 4.69) is 95.9 Å². The summed E-state index contributed by atoms with van der Waals surface area (Å²) in [5.74, 6) is 5.18. The summed E-state index contributed by atoms with van der Waals surface area (Å²) in [6.07, 6.45) is 0. The predicted molar refractivity (Wildman–Crippen MR) is 205 cm³/mol. The second-order valence-corrected chi connectivity index (χ2v) is 12.8. The maximum absolute atomic E-state index is 6.72. The van der Waals surface area contributed by atoms with Gasteiger partial charge in [0.1, 0.15) is 17.2 Å². The Hall–Kier alpha value is -6.66. The maximum Gasteiger partial charge on any atom is 0.178 e. The number of methoxy groups -OCH3 is 3. The zero-order valence-corrected chi connectivity index (χ0v) is 29.0. The van der Waals surface area contributed by atoms with E-state index >= 15 is 0 Å². The monoisotopic (exact) mass is 681 g/mol. The highest BCUT2D eigenvalue weighted by molar-refractivity contribution is 5.92. The first-order chi connectivity index (χ1) is 25.6. The van der Waals surface area contributed by atoms with Gasteiger partial charge in [0, 0.05) is 22.6 Å². The SMILES string of the molecule is COc1ccc(N(c2ccc(OC)cc2)c2cccc(C3(c4ccc(OC)cc4)c4ccccc4-c4c3ccc3c4Oc4ccccc4O3)c2)cc1. The molecule has 0 N–H and O–H groups in total. The predicted octanol–water partition coefficient (Wildman–Crippen LogP) is 11.4. The van der Waals surface area contributed by atoms with Gasteiger partial charge < -0.3 is 28.6 Å². The van der Waals surface area contributed by atoms with Gasteiger partial charge >= 0.3 is 0 Å². The average molecular weight is 682 g/mol. The van der Waals surface area contributed by atoms with E-state index < -0.39 is 5.41 Å². The van der Waals surface area contributed by atoms with E-state index in [-0.39, 0.29) is 0 Å². The Kier molecular flexibility index (Phi) is 7.58. The van der Waals surface area contributed by atoms with Crippen molar-refractivity contribution in [2.24, 2.45) is 0 Å². The Morgan fingerprint density at radius 1 is 0.442 bits per heavy atom. The fourth-order valence-corrected chi connectivity index (χ4v) is 7.76. The third-order valence-corrected chi connectivity index (χ3v) is 10.1. The van der Waals surface area contributed by atoms with Gasteiger partial charge in [-0.15, -0.1) is 0 Å². The summed E-state index contributed by atoms with van der Waals surface area (Å²) >= 11 is 0. The van der Waals surface area contributed by atoms with Gasteiger partial charge in [0.25, 0.3) is 0 Å². The largest absolute Gasteiger partial charge is 0.497 e. The molecule has 0 bridgehead atoms. The number of hydrogen-bond acceptors (Lipinski definition) is 6. The van der Waals surface area contributed by atoms with E-state index in [9.17, 15) is 0 Å². The summed E-state index contributed by atoms with van der Waals surface area (Å²) < 4.78 is 29.8. The topological polar surface area (TPSA) is 49.4 Å². The normalized spacial score (nSPS) is 14.8. The molecule has 0 fully saturated rings. The van der Waals surface area contributed by atoms with Crippen LogP contribution in [0.1, 0.15) is 22.3 Å². The van der Waals surface area contributed by atoms with Crippen LogP contribution in [0.2, 0.25) is 0 Å². The van der Waals surface area contributed by atoms with Crippen LogP contribution in [-0.2, 0) is 5.41 Å². The summed E-state index contributed by atoms with van der Waals surface area (Å²) in [5, 5.41) is 0.